The zero-order valence-electron chi connectivity index (χ0n) is 21.5. The van der Waals surface area contributed by atoms with Crippen molar-refractivity contribution in [3.05, 3.63) is 65.2 Å². The van der Waals surface area contributed by atoms with Crippen molar-refractivity contribution >= 4 is 35.9 Å². The summed E-state index contributed by atoms with van der Waals surface area (Å²) in [4.78, 5) is 8.90. The predicted octanol–water partition coefficient (Wildman–Crippen LogP) is 3.03. The van der Waals surface area contributed by atoms with E-state index in [0.717, 1.165) is 22.2 Å². The number of aromatic nitrogens is 1. The second kappa shape index (κ2) is 9.07. The van der Waals surface area contributed by atoms with Gasteiger partial charge in [-0.3, -0.25) is 5.32 Å². The molecular formula is C27H27BN8O2. The molecule has 0 bridgehead atoms. The first-order valence-corrected chi connectivity index (χ1v) is 12.1. The molecule has 2 aliphatic heterocycles. The molecule has 6 N–H and O–H groups in total. The molecule has 0 amide bonds. The number of fused-ring (bicyclic) bond motifs is 1. The van der Waals surface area contributed by atoms with Gasteiger partial charge in [-0.2, -0.15) is 10.5 Å². The van der Waals surface area contributed by atoms with E-state index in [4.69, 9.17) is 26.0 Å². The maximum absolute atomic E-state index is 9.52. The van der Waals surface area contributed by atoms with Crippen LogP contribution in [-0.2, 0) is 9.31 Å². The lowest BCUT2D eigenvalue weighted by Crippen LogP contribution is -2.41. The average molecular weight is 506 g/mol. The lowest BCUT2D eigenvalue weighted by Gasteiger charge is -2.32. The van der Waals surface area contributed by atoms with Crippen LogP contribution in [0.5, 0.6) is 0 Å². The van der Waals surface area contributed by atoms with Gasteiger partial charge in [0.05, 0.1) is 16.9 Å². The van der Waals surface area contributed by atoms with Crippen LogP contribution in [0.2, 0.25) is 0 Å². The van der Waals surface area contributed by atoms with E-state index in [0.29, 0.717) is 11.4 Å². The van der Waals surface area contributed by atoms with E-state index in [1.54, 1.807) is 0 Å². The number of nitrogens with one attached hydrogen (secondary N) is 2. The maximum Gasteiger partial charge on any atom is 0.494 e. The number of nitrogens with zero attached hydrogens (tertiary/aromatic N) is 4. The Labute approximate surface area is 221 Å². The van der Waals surface area contributed by atoms with Gasteiger partial charge in [-0.25, -0.2) is 9.98 Å². The number of benzene rings is 2. The maximum atomic E-state index is 9.52. The lowest BCUT2D eigenvalue weighted by molar-refractivity contribution is 0.00578. The van der Waals surface area contributed by atoms with E-state index in [1.165, 1.54) is 0 Å². The highest BCUT2D eigenvalue weighted by atomic mass is 16.7. The molecule has 38 heavy (non-hydrogen) atoms. The Morgan fingerprint density at radius 3 is 2.08 bits per heavy atom. The van der Waals surface area contributed by atoms with Crippen molar-refractivity contribution in [2.24, 2.45) is 4.99 Å². The molecule has 0 saturated carbocycles. The summed E-state index contributed by atoms with van der Waals surface area (Å²) in [6.45, 7) is 8.14. The summed E-state index contributed by atoms with van der Waals surface area (Å²) >= 11 is 0. The minimum atomic E-state index is -0.595. The van der Waals surface area contributed by atoms with Crippen molar-refractivity contribution in [2.45, 2.75) is 44.9 Å². The van der Waals surface area contributed by atoms with E-state index in [-0.39, 0.29) is 23.0 Å². The molecule has 0 radical (unpaired) electrons. The Morgan fingerprint density at radius 1 is 0.947 bits per heavy atom. The fourth-order valence-corrected chi connectivity index (χ4v) is 4.49. The van der Waals surface area contributed by atoms with Crippen molar-refractivity contribution in [2.75, 3.05) is 16.8 Å². The molecule has 0 aliphatic carbocycles. The van der Waals surface area contributed by atoms with Gasteiger partial charge in [0.15, 0.2) is 6.19 Å². The van der Waals surface area contributed by atoms with Crippen molar-refractivity contribution in [3.8, 4) is 23.4 Å². The molecule has 5 rings (SSSR count). The highest BCUT2D eigenvalue weighted by molar-refractivity contribution is 6.62. The standard InChI is InChI=1S/C27H27BN8O2/c1-26(2)27(3,4)38-28(37-26)18-11-9-16(10-12-18)15-5-7-17(8-6-15)22-20-21(31)19(13-29)23(32)35-24(20)36-25(34-22)33-14-30/h5-12,22H,1-4H3,(H6,31,32,33,34,35,36). The summed E-state index contributed by atoms with van der Waals surface area (Å²) < 4.78 is 12.3. The second-order valence-corrected chi connectivity index (χ2v) is 10.2. The highest BCUT2D eigenvalue weighted by Crippen LogP contribution is 2.41. The lowest BCUT2D eigenvalue weighted by atomic mass is 9.78. The summed E-state index contributed by atoms with van der Waals surface area (Å²) in [6, 6.07) is 17.4. The quantitative estimate of drug-likeness (QED) is 0.237. The molecule has 10 nitrogen and oxygen atoms in total. The molecule has 1 atom stereocenters. The van der Waals surface area contributed by atoms with Crippen LogP contribution in [0.15, 0.2) is 53.5 Å². The number of pyridine rings is 1. The smallest absolute Gasteiger partial charge is 0.399 e. The zero-order chi connectivity index (χ0) is 27.2. The number of hydrogen-bond acceptors (Lipinski definition) is 10. The summed E-state index contributed by atoms with van der Waals surface area (Å²) in [7, 11) is -0.420. The Balaban J connectivity index is 1.44. The zero-order valence-corrected chi connectivity index (χ0v) is 21.5. The van der Waals surface area contributed by atoms with Gasteiger partial charge >= 0.3 is 7.12 Å². The van der Waals surface area contributed by atoms with Crippen LogP contribution >= 0.6 is 0 Å². The Bertz CT molecular complexity index is 1500. The van der Waals surface area contributed by atoms with Gasteiger partial charge in [0.2, 0.25) is 5.96 Å². The van der Waals surface area contributed by atoms with E-state index < -0.39 is 24.4 Å². The number of rotatable bonds is 3. The van der Waals surface area contributed by atoms with E-state index in [9.17, 15) is 5.26 Å². The first-order chi connectivity index (χ1) is 18.0. The summed E-state index contributed by atoms with van der Waals surface area (Å²) in [5.41, 5.74) is 16.1. The fourth-order valence-electron chi connectivity index (χ4n) is 4.49. The number of anilines is 3. The largest absolute Gasteiger partial charge is 0.494 e. The second-order valence-electron chi connectivity index (χ2n) is 10.2. The van der Waals surface area contributed by atoms with E-state index in [2.05, 4.69) is 20.6 Å². The number of aliphatic imine (C=N–C) groups is 1. The number of hydrogen-bond donors (Lipinski definition) is 4. The van der Waals surface area contributed by atoms with Crippen LogP contribution in [0.4, 0.5) is 17.3 Å². The molecule has 1 aromatic heterocycles. The number of guanidine groups is 1. The van der Waals surface area contributed by atoms with Crippen molar-refractivity contribution in [1.29, 1.82) is 10.5 Å². The van der Waals surface area contributed by atoms with Gasteiger partial charge in [-0.05, 0) is 49.8 Å². The van der Waals surface area contributed by atoms with Crippen LogP contribution in [0.3, 0.4) is 0 Å². The number of nitrogens with two attached hydrogens (primary N) is 2. The molecule has 2 aromatic carbocycles. The first-order valence-electron chi connectivity index (χ1n) is 12.1. The summed E-state index contributed by atoms with van der Waals surface area (Å²) in [5.74, 6) is 0.565. The molecule has 1 fully saturated rings. The van der Waals surface area contributed by atoms with E-state index >= 15 is 0 Å². The molecule has 11 heteroatoms. The molecule has 3 aromatic rings. The third-order valence-electron chi connectivity index (χ3n) is 7.35. The van der Waals surface area contributed by atoms with Crippen LogP contribution in [0, 0.1) is 22.8 Å². The third-order valence-corrected chi connectivity index (χ3v) is 7.35. The summed E-state index contributed by atoms with van der Waals surface area (Å²) in [6.07, 6.45) is 1.85. The molecule has 190 valence electrons. The SMILES string of the molecule is CC1(C)OB(c2ccc(-c3ccc(C4N=C(NC#N)Nc5nc(N)c(C#N)c(N)c54)cc3)cc2)OC1(C)C. The van der Waals surface area contributed by atoms with Gasteiger partial charge in [0.25, 0.3) is 0 Å². The minimum absolute atomic E-state index is 0.00698. The Hall–Kier alpha value is -4.58. The first kappa shape index (κ1) is 25.1. The van der Waals surface area contributed by atoms with Crippen molar-refractivity contribution in [1.82, 2.24) is 10.3 Å². The molecule has 0 spiro atoms. The third kappa shape index (κ3) is 4.18. The molecular weight excluding hydrogens is 479 g/mol. The molecule has 1 unspecified atom stereocenters. The van der Waals surface area contributed by atoms with Gasteiger partial charge < -0.3 is 26.1 Å². The minimum Gasteiger partial charge on any atom is -0.399 e. The molecule has 2 aliphatic rings. The molecule has 3 heterocycles. The highest BCUT2D eigenvalue weighted by Gasteiger charge is 2.51. The Kier molecular flexibility index (Phi) is 5.99. The van der Waals surface area contributed by atoms with Gasteiger partial charge in [0.1, 0.15) is 29.3 Å². The monoisotopic (exact) mass is 506 g/mol. The normalized spacial score (nSPS) is 18.9. The predicted molar refractivity (Wildman–Crippen MR) is 147 cm³/mol. The van der Waals surface area contributed by atoms with Gasteiger partial charge in [-0.15, -0.1) is 0 Å². The number of nitrogen functional groups attached to an aromatic ring is 2. The van der Waals surface area contributed by atoms with Crippen molar-refractivity contribution < 1.29 is 9.31 Å². The Morgan fingerprint density at radius 2 is 1.53 bits per heavy atom. The van der Waals surface area contributed by atoms with Crippen LogP contribution < -0.4 is 27.6 Å². The van der Waals surface area contributed by atoms with Gasteiger partial charge in [0, 0.05) is 5.56 Å². The van der Waals surface area contributed by atoms with Crippen LogP contribution in [0.1, 0.15) is 50.4 Å². The van der Waals surface area contributed by atoms with Crippen LogP contribution in [0.25, 0.3) is 11.1 Å². The molecule has 1 saturated heterocycles. The van der Waals surface area contributed by atoms with Gasteiger partial charge in [-0.1, -0.05) is 48.5 Å². The number of nitriles is 2. The van der Waals surface area contributed by atoms with Crippen molar-refractivity contribution in [3.63, 3.8) is 0 Å². The van der Waals surface area contributed by atoms with E-state index in [1.807, 2.05) is 88.5 Å². The van der Waals surface area contributed by atoms with Crippen LogP contribution in [-0.4, -0.2) is 29.3 Å². The summed E-state index contributed by atoms with van der Waals surface area (Å²) in [5, 5.41) is 24.1. The topological polar surface area (TPSA) is 167 Å². The fraction of sp³-hybridized carbons (Fsp3) is 0.259. The average Bonchev–Trinajstić information content (AvgIpc) is 3.10.